The Morgan fingerprint density at radius 1 is 1.05 bits per heavy atom. The van der Waals surface area contributed by atoms with Crippen molar-refractivity contribution < 1.29 is 4.63 Å². The van der Waals surface area contributed by atoms with Gasteiger partial charge in [-0.1, -0.05) is 22.4 Å². The van der Waals surface area contributed by atoms with Crippen LogP contribution in [0.3, 0.4) is 0 Å². The predicted molar refractivity (Wildman–Crippen MR) is 76.1 cm³/mol. The minimum Gasteiger partial charge on any atom is -0.307 e. The first-order valence-corrected chi connectivity index (χ1v) is 6.57. The van der Waals surface area contributed by atoms with Crippen LogP contribution in [-0.4, -0.2) is 15.3 Å². The third-order valence-corrected chi connectivity index (χ3v) is 3.26. The highest BCUT2D eigenvalue weighted by molar-refractivity contribution is 5.79. The van der Waals surface area contributed by atoms with Gasteiger partial charge in [0.2, 0.25) is 0 Å². The Morgan fingerprint density at radius 3 is 2.75 bits per heavy atom. The largest absolute Gasteiger partial charge is 0.307 e. The quantitative estimate of drug-likeness (QED) is 0.787. The first kappa shape index (κ1) is 12.7. The zero-order chi connectivity index (χ0) is 13.9. The molecular formula is C15H16N4O. The highest BCUT2D eigenvalue weighted by atomic mass is 16.6. The second kappa shape index (κ2) is 5.38. The maximum Gasteiger partial charge on any atom is 0.121 e. The number of aryl methyl sites for hydroxylation is 2. The minimum atomic E-state index is 0.652. The third kappa shape index (κ3) is 2.67. The van der Waals surface area contributed by atoms with E-state index in [4.69, 9.17) is 0 Å². The Balaban J connectivity index is 1.68. The Labute approximate surface area is 117 Å². The molecule has 0 saturated carbocycles. The lowest BCUT2D eigenvalue weighted by atomic mass is 10.1. The molecule has 1 N–H and O–H groups in total. The molecule has 0 aliphatic rings. The molecule has 102 valence electrons. The maximum absolute atomic E-state index is 4.67. The number of nitrogens with zero attached hydrogens (tertiary/aromatic N) is 3. The van der Waals surface area contributed by atoms with E-state index >= 15 is 0 Å². The number of fused-ring (bicyclic) bond motifs is 1. The van der Waals surface area contributed by atoms with E-state index < -0.39 is 0 Å². The topological polar surface area (TPSA) is 63.8 Å². The molecule has 2 aromatic heterocycles. The summed E-state index contributed by atoms with van der Waals surface area (Å²) < 4.78 is 4.67. The minimum absolute atomic E-state index is 0.652. The van der Waals surface area contributed by atoms with Crippen molar-refractivity contribution in [2.75, 3.05) is 0 Å². The first-order chi connectivity index (χ1) is 9.72. The molecule has 0 spiro atoms. The first-order valence-electron chi connectivity index (χ1n) is 6.57. The van der Waals surface area contributed by atoms with Crippen molar-refractivity contribution in [1.29, 1.82) is 0 Å². The van der Waals surface area contributed by atoms with Crippen LogP contribution in [0.15, 0.2) is 35.0 Å². The number of rotatable bonds is 4. The lowest BCUT2D eigenvalue weighted by Gasteiger charge is -2.05. The summed E-state index contributed by atoms with van der Waals surface area (Å²) in [5.74, 6) is 0. The van der Waals surface area contributed by atoms with Crippen molar-refractivity contribution in [3.8, 4) is 0 Å². The van der Waals surface area contributed by atoms with Crippen molar-refractivity contribution >= 4 is 10.9 Å². The van der Waals surface area contributed by atoms with Crippen molar-refractivity contribution in [1.82, 2.24) is 20.6 Å². The molecule has 5 nitrogen and oxygen atoms in total. The number of hydrogen-bond acceptors (Lipinski definition) is 5. The monoisotopic (exact) mass is 268 g/mol. The van der Waals surface area contributed by atoms with E-state index in [1.54, 1.807) is 0 Å². The third-order valence-electron chi connectivity index (χ3n) is 3.26. The maximum atomic E-state index is 4.67. The van der Waals surface area contributed by atoms with Gasteiger partial charge in [-0.2, -0.15) is 0 Å². The summed E-state index contributed by atoms with van der Waals surface area (Å²) in [4.78, 5) is 4.50. The molecule has 0 unspecified atom stereocenters. The summed E-state index contributed by atoms with van der Waals surface area (Å²) in [6, 6.07) is 10.4. The number of aromatic nitrogens is 3. The second-order valence-electron chi connectivity index (χ2n) is 4.88. The fourth-order valence-corrected chi connectivity index (χ4v) is 2.12. The van der Waals surface area contributed by atoms with E-state index in [0.29, 0.717) is 6.54 Å². The summed E-state index contributed by atoms with van der Waals surface area (Å²) in [7, 11) is 0. The molecule has 0 saturated heterocycles. The van der Waals surface area contributed by atoms with Crippen molar-refractivity contribution in [3.63, 3.8) is 0 Å². The van der Waals surface area contributed by atoms with E-state index in [1.165, 1.54) is 5.56 Å². The van der Waals surface area contributed by atoms with Crippen LogP contribution in [0.1, 0.15) is 22.6 Å². The smallest absolute Gasteiger partial charge is 0.121 e. The molecule has 0 fully saturated rings. The summed E-state index contributed by atoms with van der Waals surface area (Å²) in [5, 5.41) is 12.1. The highest BCUT2D eigenvalue weighted by Crippen LogP contribution is 2.14. The summed E-state index contributed by atoms with van der Waals surface area (Å²) in [6.07, 6.45) is 0. The molecule has 20 heavy (non-hydrogen) atoms. The number of nitrogens with one attached hydrogen (secondary N) is 1. The SMILES string of the molecule is Cc1ccc2cc(CNCc3nonc3C)ccc2n1. The van der Waals surface area contributed by atoms with Gasteiger partial charge in [0.15, 0.2) is 0 Å². The zero-order valence-corrected chi connectivity index (χ0v) is 11.6. The molecule has 0 aliphatic carbocycles. The van der Waals surface area contributed by atoms with Crippen molar-refractivity contribution in [2.24, 2.45) is 0 Å². The molecule has 0 atom stereocenters. The van der Waals surface area contributed by atoms with Gasteiger partial charge in [-0.3, -0.25) is 4.98 Å². The van der Waals surface area contributed by atoms with Gasteiger partial charge in [-0.05, 0) is 37.6 Å². The van der Waals surface area contributed by atoms with Crippen LogP contribution in [0.25, 0.3) is 10.9 Å². The van der Waals surface area contributed by atoms with Crippen LogP contribution in [0.2, 0.25) is 0 Å². The van der Waals surface area contributed by atoms with Crippen LogP contribution < -0.4 is 5.32 Å². The molecule has 0 aliphatic heterocycles. The van der Waals surface area contributed by atoms with Gasteiger partial charge in [0.05, 0.1) is 5.52 Å². The number of pyridine rings is 1. The van der Waals surface area contributed by atoms with Crippen LogP contribution in [-0.2, 0) is 13.1 Å². The zero-order valence-electron chi connectivity index (χ0n) is 11.6. The van der Waals surface area contributed by atoms with Crippen LogP contribution in [0.5, 0.6) is 0 Å². The molecule has 5 heteroatoms. The van der Waals surface area contributed by atoms with Crippen LogP contribution in [0, 0.1) is 13.8 Å². The van der Waals surface area contributed by atoms with Gasteiger partial charge in [0.1, 0.15) is 11.4 Å². The number of hydrogen-bond donors (Lipinski definition) is 1. The van der Waals surface area contributed by atoms with Gasteiger partial charge < -0.3 is 5.32 Å². The second-order valence-corrected chi connectivity index (χ2v) is 4.88. The lowest BCUT2D eigenvalue weighted by Crippen LogP contribution is -2.13. The van der Waals surface area contributed by atoms with E-state index in [1.807, 2.05) is 19.9 Å². The molecule has 3 rings (SSSR count). The Morgan fingerprint density at radius 2 is 1.95 bits per heavy atom. The van der Waals surface area contributed by atoms with E-state index in [0.717, 1.165) is 34.5 Å². The van der Waals surface area contributed by atoms with Gasteiger partial charge in [0, 0.05) is 24.2 Å². The molecule has 0 radical (unpaired) electrons. The molecule has 2 heterocycles. The fraction of sp³-hybridized carbons (Fsp3) is 0.267. The summed E-state index contributed by atoms with van der Waals surface area (Å²) in [5.41, 5.74) is 4.97. The van der Waals surface area contributed by atoms with E-state index in [-0.39, 0.29) is 0 Å². The standard InChI is InChI=1S/C15H16N4O/c1-10-3-5-13-7-12(4-6-14(13)17-10)8-16-9-15-11(2)18-20-19-15/h3-7,16H,8-9H2,1-2H3. The van der Waals surface area contributed by atoms with Gasteiger partial charge in [-0.25, -0.2) is 4.63 Å². The molecule has 0 bridgehead atoms. The molecule has 3 aromatic rings. The molecule has 0 amide bonds. The predicted octanol–water partition coefficient (Wildman–Crippen LogP) is 2.52. The van der Waals surface area contributed by atoms with E-state index in [2.05, 4.69) is 49.5 Å². The van der Waals surface area contributed by atoms with Gasteiger partial charge in [0.25, 0.3) is 0 Å². The lowest BCUT2D eigenvalue weighted by molar-refractivity contribution is 0.300. The highest BCUT2D eigenvalue weighted by Gasteiger charge is 2.04. The van der Waals surface area contributed by atoms with E-state index in [9.17, 15) is 0 Å². The van der Waals surface area contributed by atoms with Crippen molar-refractivity contribution in [3.05, 3.63) is 53.0 Å². The fourth-order valence-electron chi connectivity index (χ4n) is 2.12. The Kier molecular flexibility index (Phi) is 3.43. The molecular weight excluding hydrogens is 252 g/mol. The van der Waals surface area contributed by atoms with Gasteiger partial charge >= 0.3 is 0 Å². The number of benzene rings is 1. The van der Waals surface area contributed by atoms with Crippen LogP contribution in [0.4, 0.5) is 0 Å². The van der Waals surface area contributed by atoms with Crippen molar-refractivity contribution in [2.45, 2.75) is 26.9 Å². The normalized spacial score (nSPS) is 11.1. The Hall–Kier alpha value is -2.27. The van der Waals surface area contributed by atoms with Gasteiger partial charge in [-0.15, -0.1) is 0 Å². The average Bonchev–Trinajstić information content (AvgIpc) is 2.85. The molecule has 1 aromatic carbocycles. The Bertz CT molecular complexity index is 736. The summed E-state index contributed by atoms with van der Waals surface area (Å²) in [6.45, 7) is 5.32. The summed E-state index contributed by atoms with van der Waals surface area (Å²) >= 11 is 0. The average molecular weight is 268 g/mol. The van der Waals surface area contributed by atoms with Crippen LogP contribution >= 0.6 is 0 Å².